The zero-order valence-electron chi connectivity index (χ0n) is 11.8. The number of carboxylic acids is 1. The highest BCUT2D eigenvalue weighted by molar-refractivity contribution is 9.10. The summed E-state index contributed by atoms with van der Waals surface area (Å²) in [6.07, 6.45) is 6.39. The summed E-state index contributed by atoms with van der Waals surface area (Å²) in [7, 11) is 3.90. The molecular weight excluding hydrogens is 334 g/mol. The topological polar surface area (TPSA) is 58.4 Å². The second kappa shape index (κ2) is 6.58. The number of hydrogen-bond donors (Lipinski definition) is 1. The molecule has 5 nitrogen and oxygen atoms in total. The third kappa shape index (κ3) is 3.95. The lowest BCUT2D eigenvalue weighted by Gasteiger charge is -2.21. The summed E-state index contributed by atoms with van der Waals surface area (Å²) in [6, 6.07) is 5.73. The first-order valence-corrected chi connectivity index (χ1v) is 7.14. The number of aromatic nitrogens is 2. The lowest BCUT2D eigenvalue weighted by molar-refractivity contribution is -0.131. The summed E-state index contributed by atoms with van der Waals surface area (Å²) in [6.45, 7) is 0.633. The molecule has 1 heterocycles. The van der Waals surface area contributed by atoms with Gasteiger partial charge in [-0.25, -0.2) is 9.78 Å². The number of nitrogens with zero attached hydrogens (tertiary/aromatic N) is 3. The summed E-state index contributed by atoms with van der Waals surface area (Å²) < 4.78 is 2.90. The Bertz CT molecular complexity index is 679. The Kier molecular flexibility index (Phi) is 4.80. The standard InChI is InChI=1S/C15H16BrN3O2/c1-18-8-7-17-14(18)10-19(2)13-9-12(16)5-3-11(13)4-6-15(20)21/h3-9H,10H2,1-2H3,(H,20,21). The van der Waals surface area contributed by atoms with Crippen LogP contribution in [0.25, 0.3) is 6.08 Å². The van der Waals surface area contributed by atoms with Crippen LogP contribution in [0.4, 0.5) is 5.69 Å². The van der Waals surface area contributed by atoms with Gasteiger partial charge >= 0.3 is 5.97 Å². The van der Waals surface area contributed by atoms with E-state index in [2.05, 4.69) is 20.9 Å². The lowest BCUT2D eigenvalue weighted by atomic mass is 10.1. The van der Waals surface area contributed by atoms with Crippen LogP contribution < -0.4 is 4.90 Å². The van der Waals surface area contributed by atoms with Crippen LogP contribution in [-0.2, 0) is 18.4 Å². The van der Waals surface area contributed by atoms with Crippen LogP contribution in [0.3, 0.4) is 0 Å². The Morgan fingerprint density at radius 2 is 2.29 bits per heavy atom. The summed E-state index contributed by atoms with van der Waals surface area (Å²) in [5.74, 6) is -0.0266. The fourth-order valence-corrected chi connectivity index (χ4v) is 2.34. The highest BCUT2D eigenvalue weighted by atomic mass is 79.9. The highest BCUT2D eigenvalue weighted by Crippen LogP contribution is 2.26. The third-order valence-electron chi connectivity index (χ3n) is 3.11. The van der Waals surface area contributed by atoms with E-state index in [-0.39, 0.29) is 0 Å². The second-order valence-corrected chi connectivity index (χ2v) is 5.60. The Hall–Kier alpha value is -2.08. The number of aliphatic carboxylic acids is 1. The van der Waals surface area contributed by atoms with Gasteiger partial charge in [0, 0.05) is 42.7 Å². The fraction of sp³-hybridized carbons (Fsp3) is 0.200. The molecule has 2 rings (SSSR count). The van der Waals surface area contributed by atoms with E-state index in [1.54, 1.807) is 12.3 Å². The zero-order valence-corrected chi connectivity index (χ0v) is 13.4. The smallest absolute Gasteiger partial charge is 0.328 e. The van der Waals surface area contributed by atoms with Crippen molar-refractivity contribution in [1.29, 1.82) is 0 Å². The molecule has 0 fully saturated rings. The van der Waals surface area contributed by atoms with E-state index in [1.165, 1.54) is 0 Å². The normalized spacial score (nSPS) is 11.0. The maximum atomic E-state index is 10.7. The molecule has 0 radical (unpaired) electrons. The van der Waals surface area contributed by atoms with Crippen molar-refractivity contribution in [3.8, 4) is 0 Å². The third-order valence-corrected chi connectivity index (χ3v) is 3.60. The van der Waals surface area contributed by atoms with Crippen molar-refractivity contribution >= 4 is 33.7 Å². The predicted molar refractivity (Wildman–Crippen MR) is 86.1 cm³/mol. The highest BCUT2D eigenvalue weighted by Gasteiger charge is 2.10. The molecule has 0 atom stereocenters. The summed E-state index contributed by atoms with van der Waals surface area (Å²) in [4.78, 5) is 17.0. The first-order chi connectivity index (χ1) is 9.97. The Morgan fingerprint density at radius 1 is 1.52 bits per heavy atom. The van der Waals surface area contributed by atoms with E-state index >= 15 is 0 Å². The van der Waals surface area contributed by atoms with E-state index in [0.29, 0.717) is 6.54 Å². The van der Waals surface area contributed by atoms with Gasteiger partial charge in [0.2, 0.25) is 0 Å². The Labute approximate surface area is 131 Å². The quantitative estimate of drug-likeness (QED) is 0.843. The largest absolute Gasteiger partial charge is 0.478 e. The minimum atomic E-state index is -0.962. The van der Waals surface area contributed by atoms with Crippen molar-refractivity contribution in [2.75, 3.05) is 11.9 Å². The Morgan fingerprint density at radius 3 is 2.90 bits per heavy atom. The summed E-state index contributed by atoms with van der Waals surface area (Å²) in [5, 5.41) is 8.78. The number of benzene rings is 1. The van der Waals surface area contributed by atoms with Crippen molar-refractivity contribution in [2.24, 2.45) is 7.05 Å². The van der Waals surface area contributed by atoms with Crippen LogP contribution in [0.2, 0.25) is 0 Å². The van der Waals surface area contributed by atoms with E-state index in [1.807, 2.05) is 48.0 Å². The molecule has 2 aromatic rings. The number of anilines is 1. The van der Waals surface area contributed by atoms with E-state index in [9.17, 15) is 4.79 Å². The maximum Gasteiger partial charge on any atom is 0.328 e. The molecule has 110 valence electrons. The van der Waals surface area contributed by atoms with Crippen molar-refractivity contribution in [3.05, 3.63) is 52.5 Å². The van der Waals surface area contributed by atoms with Gasteiger partial charge in [0.1, 0.15) is 5.82 Å². The number of halogens is 1. The molecule has 1 aromatic heterocycles. The molecule has 21 heavy (non-hydrogen) atoms. The first-order valence-electron chi connectivity index (χ1n) is 6.35. The molecule has 1 aromatic carbocycles. The van der Waals surface area contributed by atoms with Crippen molar-refractivity contribution in [1.82, 2.24) is 9.55 Å². The molecule has 6 heteroatoms. The van der Waals surface area contributed by atoms with E-state index in [4.69, 9.17) is 5.11 Å². The van der Waals surface area contributed by atoms with Gasteiger partial charge in [-0.3, -0.25) is 0 Å². The predicted octanol–water partition coefficient (Wildman–Crippen LogP) is 2.92. The summed E-state index contributed by atoms with van der Waals surface area (Å²) in [5.41, 5.74) is 1.78. The minimum absolute atomic E-state index is 0.633. The monoisotopic (exact) mass is 349 g/mol. The van der Waals surface area contributed by atoms with Gasteiger partial charge in [-0.05, 0) is 23.8 Å². The molecule has 0 aliphatic rings. The van der Waals surface area contributed by atoms with Crippen LogP contribution in [0.1, 0.15) is 11.4 Å². The number of imidazole rings is 1. The molecule has 0 amide bonds. The molecule has 0 saturated heterocycles. The van der Waals surface area contributed by atoms with Crippen molar-refractivity contribution < 1.29 is 9.90 Å². The molecule has 0 aliphatic carbocycles. The second-order valence-electron chi connectivity index (χ2n) is 4.69. The fourth-order valence-electron chi connectivity index (χ4n) is 2.00. The van der Waals surface area contributed by atoms with Crippen LogP contribution >= 0.6 is 15.9 Å². The average molecular weight is 350 g/mol. The molecule has 0 aliphatic heterocycles. The molecule has 1 N–H and O–H groups in total. The number of hydrogen-bond acceptors (Lipinski definition) is 3. The number of rotatable bonds is 5. The van der Waals surface area contributed by atoms with Crippen LogP contribution in [0, 0.1) is 0 Å². The molecule has 0 saturated carbocycles. The Balaban J connectivity index is 2.30. The number of carbonyl (C=O) groups is 1. The van der Waals surface area contributed by atoms with E-state index in [0.717, 1.165) is 27.6 Å². The molecule has 0 spiro atoms. The number of aryl methyl sites for hydroxylation is 1. The molecule has 0 bridgehead atoms. The van der Waals surface area contributed by atoms with Gasteiger partial charge in [-0.2, -0.15) is 0 Å². The van der Waals surface area contributed by atoms with Gasteiger partial charge in [0.25, 0.3) is 0 Å². The maximum absolute atomic E-state index is 10.7. The first kappa shape index (κ1) is 15.3. The van der Waals surface area contributed by atoms with Crippen LogP contribution in [0.5, 0.6) is 0 Å². The van der Waals surface area contributed by atoms with Crippen LogP contribution in [-0.4, -0.2) is 27.7 Å². The van der Waals surface area contributed by atoms with Crippen molar-refractivity contribution in [3.63, 3.8) is 0 Å². The average Bonchev–Trinajstić information content (AvgIpc) is 2.82. The zero-order chi connectivity index (χ0) is 15.4. The van der Waals surface area contributed by atoms with Gasteiger partial charge in [-0.15, -0.1) is 0 Å². The SMILES string of the molecule is CN(Cc1nccn1C)c1cc(Br)ccc1C=CC(=O)O. The lowest BCUT2D eigenvalue weighted by Crippen LogP contribution is -2.19. The van der Waals surface area contributed by atoms with Gasteiger partial charge in [-0.1, -0.05) is 22.0 Å². The van der Waals surface area contributed by atoms with Crippen molar-refractivity contribution in [2.45, 2.75) is 6.54 Å². The summed E-state index contributed by atoms with van der Waals surface area (Å²) >= 11 is 3.45. The molecular formula is C15H16BrN3O2. The minimum Gasteiger partial charge on any atom is -0.478 e. The van der Waals surface area contributed by atoms with Gasteiger partial charge in [0.05, 0.1) is 6.54 Å². The van der Waals surface area contributed by atoms with E-state index < -0.39 is 5.97 Å². The number of carboxylic acid groups (broad SMARTS) is 1. The van der Waals surface area contributed by atoms with Gasteiger partial charge in [0.15, 0.2) is 0 Å². The molecule has 0 unspecified atom stereocenters. The van der Waals surface area contributed by atoms with Gasteiger partial charge < -0.3 is 14.6 Å². The van der Waals surface area contributed by atoms with Crippen LogP contribution in [0.15, 0.2) is 41.1 Å².